The third-order valence-electron chi connectivity index (χ3n) is 7.00. The molecule has 0 saturated carbocycles. The van der Waals surface area contributed by atoms with Gasteiger partial charge in [-0.2, -0.15) is 0 Å². The fourth-order valence-corrected chi connectivity index (χ4v) is 5.58. The number of hydrogen-bond acceptors (Lipinski definition) is 4. The van der Waals surface area contributed by atoms with Crippen LogP contribution in [0.25, 0.3) is 22.0 Å². The molecule has 1 aromatic heterocycles. The standard InChI is InChI=1S/C29H26N4O2/c1-29(2)16-22-26-21-10-4-3-7-18(21)12-13-24(26)31-28(27(22)23(30)17-29)25-11-6-14-32(25)19-8-5-9-20(15-19)33(34)35/h3-16,28,31H,17,30H2,1-2H3. The lowest BCUT2D eigenvalue weighted by molar-refractivity contribution is -0.384. The summed E-state index contributed by atoms with van der Waals surface area (Å²) in [7, 11) is 0. The van der Waals surface area contributed by atoms with Gasteiger partial charge < -0.3 is 15.6 Å². The molecule has 174 valence electrons. The first-order chi connectivity index (χ1) is 16.8. The maximum atomic E-state index is 11.4. The number of allylic oxidation sites excluding steroid dienone is 2. The predicted molar refractivity (Wildman–Crippen MR) is 140 cm³/mol. The van der Waals surface area contributed by atoms with Gasteiger partial charge in [-0.1, -0.05) is 56.3 Å². The molecule has 1 aliphatic carbocycles. The number of benzene rings is 3. The zero-order valence-corrected chi connectivity index (χ0v) is 19.7. The van der Waals surface area contributed by atoms with Crippen LogP contribution in [-0.2, 0) is 0 Å². The molecule has 0 fully saturated rings. The molecule has 3 N–H and O–H groups in total. The molecule has 0 amide bonds. The summed E-state index contributed by atoms with van der Waals surface area (Å²) in [5.74, 6) is 0. The molecule has 35 heavy (non-hydrogen) atoms. The van der Waals surface area contributed by atoms with Gasteiger partial charge in [0, 0.05) is 46.5 Å². The van der Waals surface area contributed by atoms with E-state index in [1.807, 2.05) is 22.9 Å². The molecule has 0 spiro atoms. The first kappa shape index (κ1) is 21.2. The summed E-state index contributed by atoms with van der Waals surface area (Å²) >= 11 is 0. The Morgan fingerprint density at radius 1 is 1.06 bits per heavy atom. The first-order valence-electron chi connectivity index (χ1n) is 11.7. The summed E-state index contributed by atoms with van der Waals surface area (Å²) in [4.78, 5) is 11.0. The minimum atomic E-state index is -0.364. The van der Waals surface area contributed by atoms with Crippen LogP contribution in [0.15, 0.2) is 96.3 Å². The largest absolute Gasteiger partial charge is 0.402 e. The number of non-ortho nitro benzene ring substituents is 1. The van der Waals surface area contributed by atoms with Crippen LogP contribution in [0.5, 0.6) is 0 Å². The van der Waals surface area contributed by atoms with Crippen LogP contribution in [0.3, 0.4) is 0 Å². The quantitative estimate of drug-likeness (QED) is 0.261. The van der Waals surface area contributed by atoms with Crippen molar-refractivity contribution in [3.8, 4) is 5.69 Å². The molecule has 4 aromatic rings. The molecule has 6 nitrogen and oxygen atoms in total. The highest BCUT2D eigenvalue weighted by molar-refractivity contribution is 6.05. The molecule has 1 atom stereocenters. The monoisotopic (exact) mass is 462 g/mol. The van der Waals surface area contributed by atoms with Crippen molar-refractivity contribution in [1.82, 2.24) is 4.57 Å². The average Bonchev–Trinajstić information content (AvgIpc) is 3.32. The van der Waals surface area contributed by atoms with E-state index in [2.05, 4.69) is 67.7 Å². The van der Waals surface area contributed by atoms with Crippen molar-refractivity contribution in [1.29, 1.82) is 0 Å². The molecule has 1 aliphatic heterocycles. The highest BCUT2D eigenvalue weighted by atomic mass is 16.6. The Morgan fingerprint density at radius 3 is 2.71 bits per heavy atom. The lowest BCUT2D eigenvalue weighted by atomic mass is 9.72. The third-order valence-corrected chi connectivity index (χ3v) is 7.00. The first-order valence-corrected chi connectivity index (χ1v) is 11.7. The molecule has 6 heteroatoms. The van der Waals surface area contributed by atoms with E-state index < -0.39 is 0 Å². The predicted octanol–water partition coefficient (Wildman–Crippen LogP) is 6.73. The van der Waals surface area contributed by atoms with Gasteiger partial charge in [-0.05, 0) is 52.4 Å². The van der Waals surface area contributed by atoms with Gasteiger partial charge in [-0.15, -0.1) is 0 Å². The second-order valence-electron chi connectivity index (χ2n) is 10.0. The zero-order chi connectivity index (χ0) is 24.3. The van der Waals surface area contributed by atoms with Crippen LogP contribution in [0.1, 0.15) is 37.6 Å². The normalized spacial score (nSPS) is 18.5. The van der Waals surface area contributed by atoms with Crippen LogP contribution in [0.4, 0.5) is 11.4 Å². The molecule has 6 rings (SSSR count). The summed E-state index contributed by atoms with van der Waals surface area (Å²) in [6, 6.07) is 23.3. The third kappa shape index (κ3) is 3.41. The number of aromatic nitrogens is 1. The Morgan fingerprint density at radius 2 is 1.89 bits per heavy atom. The summed E-state index contributed by atoms with van der Waals surface area (Å²) in [6.45, 7) is 4.44. The fourth-order valence-electron chi connectivity index (χ4n) is 5.58. The van der Waals surface area contributed by atoms with Gasteiger partial charge in [0.05, 0.1) is 16.7 Å². The average molecular weight is 463 g/mol. The molecule has 0 radical (unpaired) electrons. The molecular weight excluding hydrogens is 436 g/mol. The Kier molecular flexibility index (Phi) is 4.61. The Balaban J connectivity index is 1.57. The van der Waals surface area contributed by atoms with E-state index in [4.69, 9.17) is 5.73 Å². The van der Waals surface area contributed by atoms with E-state index in [-0.39, 0.29) is 22.1 Å². The molecule has 0 saturated heterocycles. The maximum absolute atomic E-state index is 11.4. The minimum absolute atomic E-state index is 0.0642. The van der Waals surface area contributed by atoms with Crippen LogP contribution in [0.2, 0.25) is 0 Å². The van der Waals surface area contributed by atoms with Gasteiger partial charge in [0.25, 0.3) is 5.69 Å². The summed E-state index contributed by atoms with van der Waals surface area (Å²) in [5, 5.41) is 17.5. The van der Waals surface area contributed by atoms with E-state index >= 15 is 0 Å². The Labute approximate surface area is 203 Å². The van der Waals surface area contributed by atoms with Gasteiger partial charge in [0.15, 0.2) is 0 Å². The minimum Gasteiger partial charge on any atom is -0.402 e. The van der Waals surface area contributed by atoms with Crippen LogP contribution < -0.4 is 11.1 Å². The van der Waals surface area contributed by atoms with E-state index in [1.54, 1.807) is 12.1 Å². The lowest BCUT2D eigenvalue weighted by Crippen LogP contribution is -2.30. The summed E-state index contributed by atoms with van der Waals surface area (Å²) < 4.78 is 2.01. The van der Waals surface area contributed by atoms with Crippen molar-refractivity contribution in [2.75, 3.05) is 5.32 Å². The number of nitro benzene ring substituents is 1. The lowest BCUT2D eigenvalue weighted by Gasteiger charge is -2.39. The van der Waals surface area contributed by atoms with Gasteiger partial charge in [0.2, 0.25) is 0 Å². The molecule has 1 unspecified atom stereocenters. The van der Waals surface area contributed by atoms with Crippen molar-refractivity contribution in [2.45, 2.75) is 26.3 Å². The van der Waals surface area contributed by atoms with Crippen molar-refractivity contribution in [3.05, 3.63) is 118 Å². The SMILES string of the molecule is CC1(C)C=C2C(=C(N)C1)C(c1cccn1-c1cccc([N+](=O)[O-])c1)Nc1ccc3ccccc3c12. The summed E-state index contributed by atoms with van der Waals surface area (Å²) in [5.41, 5.74) is 13.9. The van der Waals surface area contributed by atoms with Gasteiger partial charge in [-0.25, -0.2) is 0 Å². The van der Waals surface area contributed by atoms with Gasteiger partial charge >= 0.3 is 0 Å². The van der Waals surface area contributed by atoms with Gasteiger partial charge in [-0.3, -0.25) is 10.1 Å². The van der Waals surface area contributed by atoms with E-state index in [0.29, 0.717) is 0 Å². The van der Waals surface area contributed by atoms with Crippen molar-refractivity contribution in [2.24, 2.45) is 11.1 Å². The number of hydrogen-bond donors (Lipinski definition) is 2. The highest BCUT2D eigenvalue weighted by Gasteiger charge is 2.37. The van der Waals surface area contributed by atoms with Gasteiger partial charge in [0.1, 0.15) is 0 Å². The number of nitrogens with zero attached hydrogens (tertiary/aromatic N) is 2. The van der Waals surface area contributed by atoms with E-state index in [0.717, 1.165) is 34.8 Å². The van der Waals surface area contributed by atoms with Crippen molar-refractivity contribution in [3.63, 3.8) is 0 Å². The number of nitrogens with one attached hydrogen (secondary N) is 1. The van der Waals surface area contributed by atoms with Crippen LogP contribution in [-0.4, -0.2) is 9.49 Å². The van der Waals surface area contributed by atoms with Crippen molar-refractivity contribution < 1.29 is 4.92 Å². The Hall–Kier alpha value is -4.32. The second kappa shape index (κ2) is 7.60. The number of rotatable bonds is 3. The number of nitrogens with two attached hydrogens (primary N) is 1. The molecule has 2 heterocycles. The van der Waals surface area contributed by atoms with Crippen LogP contribution >= 0.6 is 0 Å². The molecule has 2 aliphatic rings. The van der Waals surface area contributed by atoms with E-state index in [1.165, 1.54) is 28.0 Å². The highest BCUT2D eigenvalue weighted by Crippen LogP contribution is 2.52. The number of fused-ring (bicyclic) bond motifs is 5. The Bertz CT molecular complexity index is 1570. The molecular formula is C29H26N4O2. The second-order valence-corrected chi connectivity index (χ2v) is 10.0. The van der Waals surface area contributed by atoms with Crippen molar-refractivity contribution >= 4 is 27.7 Å². The van der Waals surface area contributed by atoms with Crippen LogP contribution in [0, 0.1) is 15.5 Å². The topological polar surface area (TPSA) is 86.1 Å². The summed E-state index contributed by atoms with van der Waals surface area (Å²) in [6.07, 6.45) is 5.07. The zero-order valence-electron chi connectivity index (χ0n) is 19.7. The fraction of sp³-hybridized carbons (Fsp3) is 0.172. The molecule has 3 aromatic carbocycles. The smallest absolute Gasteiger partial charge is 0.271 e. The number of nitro groups is 1. The number of anilines is 1. The van der Waals surface area contributed by atoms with E-state index in [9.17, 15) is 10.1 Å². The molecule has 0 bridgehead atoms. The maximum Gasteiger partial charge on any atom is 0.271 e.